The van der Waals surface area contributed by atoms with Crippen LogP contribution in [0.25, 0.3) is 10.3 Å². The van der Waals surface area contributed by atoms with Crippen LogP contribution in [0.2, 0.25) is 0 Å². The first-order chi connectivity index (χ1) is 6.92. The average Bonchev–Trinajstić information content (AvgIpc) is 2.67. The lowest BCUT2D eigenvalue weighted by Gasteiger charge is -2.04. The Morgan fingerprint density at radius 2 is 2.21 bits per heavy atom. The maximum atomic E-state index is 4.21. The second-order valence-corrected chi connectivity index (χ2v) is 3.59. The molecule has 0 aliphatic carbocycles. The lowest BCUT2D eigenvalue weighted by atomic mass is 10.5. The summed E-state index contributed by atoms with van der Waals surface area (Å²) >= 11 is 1.52. The standard InChI is InChI=1S/C8H11N5S/c1-9-2-3-10-7-6-8(12-4-11-7)14-5-13-6/h4-5,9H,2-3H2,1H3,(H,10,11,12). The summed E-state index contributed by atoms with van der Waals surface area (Å²) in [7, 11) is 1.92. The molecule has 2 heterocycles. The molecule has 0 aliphatic heterocycles. The van der Waals surface area contributed by atoms with Gasteiger partial charge in [0.25, 0.3) is 0 Å². The van der Waals surface area contributed by atoms with E-state index in [0.717, 1.165) is 29.3 Å². The molecule has 0 saturated heterocycles. The Balaban J connectivity index is 2.19. The third-order valence-electron chi connectivity index (χ3n) is 1.80. The van der Waals surface area contributed by atoms with Crippen molar-refractivity contribution < 1.29 is 0 Å². The second-order valence-electron chi connectivity index (χ2n) is 2.76. The molecule has 0 fully saturated rings. The van der Waals surface area contributed by atoms with Gasteiger partial charge in [0.2, 0.25) is 0 Å². The van der Waals surface area contributed by atoms with Gasteiger partial charge < -0.3 is 10.6 Å². The SMILES string of the molecule is CNCCNc1ncnc2scnc12. The van der Waals surface area contributed by atoms with Gasteiger partial charge in [-0.25, -0.2) is 15.0 Å². The lowest BCUT2D eigenvalue weighted by molar-refractivity contribution is 0.821. The number of nitrogens with zero attached hydrogens (tertiary/aromatic N) is 3. The van der Waals surface area contributed by atoms with Gasteiger partial charge in [0, 0.05) is 13.1 Å². The smallest absolute Gasteiger partial charge is 0.156 e. The molecule has 0 radical (unpaired) electrons. The highest BCUT2D eigenvalue weighted by Gasteiger charge is 2.04. The molecule has 2 aromatic rings. The fraction of sp³-hybridized carbons (Fsp3) is 0.375. The Morgan fingerprint density at radius 1 is 1.29 bits per heavy atom. The number of anilines is 1. The van der Waals surface area contributed by atoms with E-state index in [1.165, 1.54) is 11.3 Å². The van der Waals surface area contributed by atoms with Gasteiger partial charge >= 0.3 is 0 Å². The summed E-state index contributed by atoms with van der Waals surface area (Å²) in [6.07, 6.45) is 1.56. The van der Waals surface area contributed by atoms with Crippen molar-refractivity contribution in [2.75, 3.05) is 25.5 Å². The maximum absolute atomic E-state index is 4.21. The van der Waals surface area contributed by atoms with Crippen LogP contribution < -0.4 is 10.6 Å². The molecular formula is C8H11N5S. The van der Waals surface area contributed by atoms with Crippen molar-refractivity contribution in [2.24, 2.45) is 0 Å². The molecule has 0 aromatic carbocycles. The van der Waals surface area contributed by atoms with Gasteiger partial charge in [0.1, 0.15) is 16.7 Å². The van der Waals surface area contributed by atoms with Crippen LogP contribution in [-0.4, -0.2) is 35.1 Å². The van der Waals surface area contributed by atoms with Crippen LogP contribution in [-0.2, 0) is 0 Å². The normalized spacial score (nSPS) is 10.6. The first kappa shape index (κ1) is 9.29. The molecule has 74 valence electrons. The summed E-state index contributed by atoms with van der Waals surface area (Å²) in [6, 6.07) is 0. The Bertz CT molecular complexity index is 413. The Hall–Kier alpha value is -1.27. The van der Waals surface area contributed by atoms with E-state index in [4.69, 9.17) is 0 Å². The predicted molar refractivity (Wildman–Crippen MR) is 57.6 cm³/mol. The summed E-state index contributed by atoms with van der Waals surface area (Å²) in [5.74, 6) is 0.812. The van der Waals surface area contributed by atoms with Gasteiger partial charge in [0.05, 0.1) is 5.51 Å². The zero-order valence-corrected chi connectivity index (χ0v) is 8.64. The van der Waals surface area contributed by atoms with Gasteiger partial charge in [-0.05, 0) is 7.05 Å². The molecule has 6 heteroatoms. The van der Waals surface area contributed by atoms with E-state index < -0.39 is 0 Å². The Labute approximate surface area is 85.6 Å². The number of nitrogens with one attached hydrogen (secondary N) is 2. The molecular weight excluding hydrogens is 198 g/mol. The van der Waals surface area contributed by atoms with E-state index in [2.05, 4.69) is 25.6 Å². The molecule has 0 spiro atoms. The van der Waals surface area contributed by atoms with Gasteiger partial charge in [-0.3, -0.25) is 0 Å². The molecule has 0 amide bonds. The Morgan fingerprint density at radius 3 is 3.07 bits per heavy atom. The van der Waals surface area contributed by atoms with E-state index in [9.17, 15) is 0 Å². The van der Waals surface area contributed by atoms with Gasteiger partial charge in [-0.1, -0.05) is 0 Å². The first-order valence-corrected chi connectivity index (χ1v) is 5.22. The highest BCUT2D eigenvalue weighted by Crippen LogP contribution is 2.19. The monoisotopic (exact) mass is 209 g/mol. The van der Waals surface area contributed by atoms with E-state index in [-0.39, 0.29) is 0 Å². The number of likely N-dealkylation sites (N-methyl/N-ethyl adjacent to an activating group) is 1. The minimum absolute atomic E-state index is 0.812. The summed E-state index contributed by atoms with van der Waals surface area (Å²) in [5.41, 5.74) is 2.64. The minimum atomic E-state index is 0.812. The zero-order valence-electron chi connectivity index (χ0n) is 7.82. The lowest BCUT2D eigenvalue weighted by Crippen LogP contribution is -2.18. The molecule has 0 aliphatic rings. The van der Waals surface area contributed by atoms with Crippen LogP contribution in [0.15, 0.2) is 11.8 Å². The molecule has 5 nitrogen and oxygen atoms in total. The molecule has 0 saturated carbocycles. The topological polar surface area (TPSA) is 62.7 Å². The summed E-state index contributed by atoms with van der Waals surface area (Å²) < 4.78 is 0. The number of rotatable bonds is 4. The number of hydrogen-bond donors (Lipinski definition) is 2. The third kappa shape index (κ3) is 1.80. The fourth-order valence-electron chi connectivity index (χ4n) is 1.13. The first-order valence-electron chi connectivity index (χ1n) is 4.34. The highest BCUT2D eigenvalue weighted by atomic mass is 32.1. The van der Waals surface area contributed by atoms with Crippen molar-refractivity contribution >= 4 is 27.5 Å². The van der Waals surface area contributed by atoms with E-state index in [0.29, 0.717) is 0 Å². The van der Waals surface area contributed by atoms with E-state index in [1.807, 2.05) is 7.05 Å². The molecule has 0 bridgehead atoms. The molecule has 0 atom stereocenters. The highest BCUT2D eigenvalue weighted by molar-refractivity contribution is 7.16. The molecule has 0 unspecified atom stereocenters. The van der Waals surface area contributed by atoms with Crippen LogP contribution in [0.1, 0.15) is 0 Å². The van der Waals surface area contributed by atoms with Crippen LogP contribution >= 0.6 is 11.3 Å². The van der Waals surface area contributed by atoms with Crippen LogP contribution in [0, 0.1) is 0 Å². The van der Waals surface area contributed by atoms with Crippen molar-refractivity contribution in [3.8, 4) is 0 Å². The maximum Gasteiger partial charge on any atom is 0.156 e. The molecule has 14 heavy (non-hydrogen) atoms. The average molecular weight is 209 g/mol. The quantitative estimate of drug-likeness (QED) is 0.726. The largest absolute Gasteiger partial charge is 0.367 e. The van der Waals surface area contributed by atoms with Gasteiger partial charge in [0.15, 0.2) is 5.82 Å². The van der Waals surface area contributed by atoms with Crippen molar-refractivity contribution in [1.82, 2.24) is 20.3 Å². The van der Waals surface area contributed by atoms with Crippen molar-refractivity contribution in [2.45, 2.75) is 0 Å². The predicted octanol–water partition coefficient (Wildman–Crippen LogP) is 0.718. The van der Waals surface area contributed by atoms with Crippen molar-refractivity contribution in [1.29, 1.82) is 0 Å². The van der Waals surface area contributed by atoms with Crippen LogP contribution in [0.5, 0.6) is 0 Å². The van der Waals surface area contributed by atoms with Gasteiger partial charge in [-0.2, -0.15) is 0 Å². The van der Waals surface area contributed by atoms with E-state index >= 15 is 0 Å². The Kier molecular flexibility index (Phi) is 2.85. The number of hydrogen-bond acceptors (Lipinski definition) is 6. The number of aromatic nitrogens is 3. The van der Waals surface area contributed by atoms with Crippen LogP contribution in [0.4, 0.5) is 5.82 Å². The molecule has 2 N–H and O–H groups in total. The molecule has 2 rings (SSSR count). The second kappa shape index (κ2) is 4.30. The van der Waals surface area contributed by atoms with Crippen molar-refractivity contribution in [3.63, 3.8) is 0 Å². The van der Waals surface area contributed by atoms with Crippen LogP contribution in [0.3, 0.4) is 0 Å². The summed E-state index contributed by atoms with van der Waals surface area (Å²) in [6.45, 7) is 1.73. The zero-order chi connectivity index (χ0) is 9.80. The van der Waals surface area contributed by atoms with Gasteiger partial charge in [-0.15, -0.1) is 11.3 Å². The molecule has 2 aromatic heterocycles. The number of thiazole rings is 1. The fourth-order valence-corrected chi connectivity index (χ4v) is 1.76. The van der Waals surface area contributed by atoms with E-state index in [1.54, 1.807) is 11.8 Å². The summed E-state index contributed by atoms with van der Waals surface area (Å²) in [4.78, 5) is 13.4. The summed E-state index contributed by atoms with van der Waals surface area (Å²) in [5, 5.41) is 6.26. The number of fused-ring (bicyclic) bond motifs is 1. The van der Waals surface area contributed by atoms with Crippen molar-refractivity contribution in [3.05, 3.63) is 11.8 Å². The third-order valence-corrected chi connectivity index (χ3v) is 2.54. The minimum Gasteiger partial charge on any atom is -0.367 e.